The number of aromatic nitrogens is 1. The fourth-order valence-corrected chi connectivity index (χ4v) is 1.58. The molecule has 0 spiro atoms. The second kappa shape index (κ2) is 5.61. The molecule has 0 aliphatic heterocycles. The van der Waals surface area contributed by atoms with E-state index in [-0.39, 0.29) is 11.3 Å². The number of hydrogen-bond acceptors (Lipinski definition) is 6. The van der Waals surface area contributed by atoms with Gasteiger partial charge in [0, 0.05) is 7.11 Å². The predicted octanol–water partition coefficient (Wildman–Crippen LogP) is 1.52. The molecule has 0 aromatic carbocycles. The van der Waals surface area contributed by atoms with Crippen LogP contribution in [0.15, 0.2) is 12.3 Å². The van der Waals surface area contributed by atoms with E-state index in [1.165, 1.54) is 7.11 Å². The molecule has 1 heterocycles. The summed E-state index contributed by atoms with van der Waals surface area (Å²) in [6.07, 6.45) is 1.14. The molecule has 1 rings (SSSR count). The van der Waals surface area contributed by atoms with E-state index in [2.05, 4.69) is 10.3 Å². The van der Waals surface area contributed by atoms with Gasteiger partial charge < -0.3 is 25.3 Å². The lowest BCUT2D eigenvalue weighted by Gasteiger charge is -2.26. The zero-order valence-electron chi connectivity index (χ0n) is 10.8. The summed E-state index contributed by atoms with van der Waals surface area (Å²) in [6.45, 7) is 3.95. The standard InChI is InChI=1S/C11H15N3O5/c1-11(2,6-19-3)13-8-5-12-9(14(17)18)4-7(8)10(15)16/h4-5,13H,6H2,1-3H3,(H,15,16). The van der Waals surface area contributed by atoms with Gasteiger partial charge >= 0.3 is 11.8 Å². The second-order valence-corrected chi connectivity index (χ2v) is 4.59. The molecule has 0 aliphatic carbocycles. The first kappa shape index (κ1) is 14.8. The number of aromatic carboxylic acids is 1. The van der Waals surface area contributed by atoms with Gasteiger partial charge in [-0.2, -0.15) is 0 Å². The first-order valence-corrected chi connectivity index (χ1v) is 5.41. The summed E-state index contributed by atoms with van der Waals surface area (Å²) in [5, 5.41) is 22.6. The van der Waals surface area contributed by atoms with E-state index in [0.717, 1.165) is 12.3 Å². The van der Waals surface area contributed by atoms with Crippen LogP contribution in [-0.2, 0) is 4.74 Å². The first-order chi connectivity index (χ1) is 8.76. The normalized spacial score (nSPS) is 11.1. The van der Waals surface area contributed by atoms with Crippen LogP contribution < -0.4 is 5.32 Å². The minimum Gasteiger partial charge on any atom is -0.478 e. The van der Waals surface area contributed by atoms with E-state index < -0.39 is 22.2 Å². The molecule has 0 radical (unpaired) electrons. The highest BCUT2D eigenvalue weighted by Gasteiger charge is 2.24. The molecule has 0 saturated carbocycles. The Hall–Kier alpha value is -2.22. The third-order valence-electron chi connectivity index (χ3n) is 2.29. The summed E-state index contributed by atoms with van der Waals surface area (Å²) >= 11 is 0. The van der Waals surface area contributed by atoms with Gasteiger partial charge in [0.2, 0.25) is 0 Å². The van der Waals surface area contributed by atoms with Crippen LogP contribution in [0.1, 0.15) is 24.2 Å². The number of ether oxygens (including phenoxy) is 1. The summed E-state index contributed by atoms with van der Waals surface area (Å²) < 4.78 is 5.00. The number of nitro groups is 1. The largest absolute Gasteiger partial charge is 0.478 e. The zero-order valence-corrected chi connectivity index (χ0v) is 10.8. The zero-order chi connectivity index (χ0) is 14.6. The van der Waals surface area contributed by atoms with Crippen molar-refractivity contribution in [2.75, 3.05) is 19.0 Å². The van der Waals surface area contributed by atoms with Crippen molar-refractivity contribution in [1.29, 1.82) is 0 Å². The highest BCUT2D eigenvalue weighted by atomic mass is 16.6. The first-order valence-electron chi connectivity index (χ1n) is 5.41. The van der Waals surface area contributed by atoms with Crippen molar-refractivity contribution in [3.05, 3.63) is 27.9 Å². The number of carboxylic acids is 1. The van der Waals surface area contributed by atoms with Gasteiger partial charge in [0.15, 0.2) is 6.20 Å². The maximum Gasteiger partial charge on any atom is 0.364 e. The van der Waals surface area contributed by atoms with Crippen LogP contribution >= 0.6 is 0 Å². The molecule has 8 nitrogen and oxygen atoms in total. The Kier molecular flexibility index (Phi) is 4.38. The van der Waals surface area contributed by atoms with Crippen LogP contribution in [0.4, 0.5) is 11.5 Å². The van der Waals surface area contributed by atoms with E-state index in [4.69, 9.17) is 9.84 Å². The van der Waals surface area contributed by atoms with Crippen molar-refractivity contribution >= 4 is 17.5 Å². The maximum absolute atomic E-state index is 11.1. The topological polar surface area (TPSA) is 115 Å². The summed E-state index contributed by atoms with van der Waals surface area (Å²) in [5.74, 6) is -1.77. The summed E-state index contributed by atoms with van der Waals surface area (Å²) in [4.78, 5) is 24.6. The Morgan fingerprint density at radius 1 is 1.63 bits per heavy atom. The van der Waals surface area contributed by atoms with Crippen molar-refractivity contribution < 1.29 is 19.6 Å². The van der Waals surface area contributed by atoms with Gasteiger partial charge in [-0.15, -0.1) is 0 Å². The van der Waals surface area contributed by atoms with Crippen LogP contribution in [0.25, 0.3) is 0 Å². The number of anilines is 1. The molecule has 2 N–H and O–H groups in total. The molecule has 1 aromatic heterocycles. The molecule has 0 aliphatic rings. The molecule has 0 atom stereocenters. The number of nitrogens with zero attached hydrogens (tertiary/aromatic N) is 2. The van der Waals surface area contributed by atoms with E-state index >= 15 is 0 Å². The van der Waals surface area contributed by atoms with Gasteiger partial charge in [0.25, 0.3) is 0 Å². The Morgan fingerprint density at radius 3 is 2.74 bits per heavy atom. The van der Waals surface area contributed by atoms with Crippen molar-refractivity contribution in [1.82, 2.24) is 4.98 Å². The molecule has 0 bridgehead atoms. The lowest BCUT2D eigenvalue weighted by molar-refractivity contribution is -0.389. The smallest absolute Gasteiger partial charge is 0.364 e. The van der Waals surface area contributed by atoms with Crippen molar-refractivity contribution in [2.45, 2.75) is 19.4 Å². The Labute approximate surface area is 109 Å². The van der Waals surface area contributed by atoms with Gasteiger partial charge in [0.1, 0.15) is 0 Å². The third-order valence-corrected chi connectivity index (χ3v) is 2.29. The van der Waals surface area contributed by atoms with Crippen LogP contribution in [0.5, 0.6) is 0 Å². The molecule has 0 unspecified atom stereocenters. The quantitative estimate of drug-likeness (QED) is 0.594. The maximum atomic E-state index is 11.1. The van der Waals surface area contributed by atoms with E-state index in [0.29, 0.717) is 6.61 Å². The fourth-order valence-electron chi connectivity index (χ4n) is 1.58. The molecule has 0 saturated heterocycles. The van der Waals surface area contributed by atoms with Crippen LogP contribution in [0.2, 0.25) is 0 Å². The number of carbonyl (C=O) groups is 1. The number of rotatable bonds is 6. The summed E-state index contributed by atoms with van der Waals surface area (Å²) in [5.41, 5.74) is -0.525. The minimum atomic E-state index is -1.26. The number of methoxy groups -OCH3 is 1. The highest BCUT2D eigenvalue weighted by Crippen LogP contribution is 2.23. The molecule has 1 aromatic rings. The molecular weight excluding hydrogens is 254 g/mol. The Bertz CT molecular complexity index is 501. The van der Waals surface area contributed by atoms with Gasteiger partial charge in [-0.05, 0) is 23.8 Å². The molecular formula is C11H15N3O5. The third kappa shape index (κ3) is 3.88. The number of nitrogens with one attached hydrogen (secondary N) is 1. The average molecular weight is 269 g/mol. The van der Waals surface area contributed by atoms with Gasteiger partial charge in [-0.1, -0.05) is 0 Å². The molecule has 8 heteroatoms. The second-order valence-electron chi connectivity index (χ2n) is 4.59. The lowest BCUT2D eigenvalue weighted by Crippen LogP contribution is -2.36. The predicted molar refractivity (Wildman–Crippen MR) is 67.4 cm³/mol. The van der Waals surface area contributed by atoms with Gasteiger partial charge in [-0.3, -0.25) is 0 Å². The lowest BCUT2D eigenvalue weighted by atomic mass is 10.1. The van der Waals surface area contributed by atoms with Crippen LogP contribution in [0.3, 0.4) is 0 Å². The van der Waals surface area contributed by atoms with Crippen molar-refractivity contribution in [3.8, 4) is 0 Å². The number of pyridine rings is 1. The monoisotopic (exact) mass is 269 g/mol. The fraction of sp³-hybridized carbons (Fsp3) is 0.455. The van der Waals surface area contributed by atoms with Crippen LogP contribution in [0, 0.1) is 10.1 Å². The molecule has 0 amide bonds. The molecule has 19 heavy (non-hydrogen) atoms. The summed E-state index contributed by atoms with van der Waals surface area (Å²) in [6, 6.07) is 0.924. The SMILES string of the molecule is COCC(C)(C)Nc1cnc([N+](=O)[O-])cc1C(=O)O. The van der Waals surface area contributed by atoms with Gasteiger partial charge in [-0.25, -0.2) is 4.79 Å². The highest BCUT2D eigenvalue weighted by molar-refractivity contribution is 5.94. The van der Waals surface area contributed by atoms with E-state index in [9.17, 15) is 14.9 Å². The van der Waals surface area contributed by atoms with E-state index in [1.807, 2.05) is 13.8 Å². The van der Waals surface area contributed by atoms with Gasteiger partial charge in [0.05, 0.1) is 29.5 Å². The summed E-state index contributed by atoms with van der Waals surface area (Å²) in [7, 11) is 1.52. The van der Waals surface area contributed by atoms with Crippen molar-refractivity contribution in [2.24, 2.45) is 0 Å². The Balaban J connectivity index is 3.14. The molecule has 0 fully saturated rings. The average Bonchev–Trinajstić information content (AvgIpc) is 2.27. The van der Waals surface area contributed by atoms with E-state index in [1.54, 1.807) is 0 Å². The van der Waals surface area contributed by atoms with Crippen LogP contribution in [-0.4, -0.2) is 40.2 Å². The number of carboxylic acid groups (broad SMARTS) is 1. The number of hydrogen-bond donors (Lipinski definition) is 2. The minimum absolute atomic E-state index is 0.203. The van der Waals surface area contributed by atoms with Crippen molar-refractivity contribution in [3.63, 3.8) is 0 Å². The Morgan fingerprint density at radius 2 is 2.26 bits per heavy atom. The molecule has 104 valence electrons.